The molecule has 0 radical (unpaired) electrons. The predicted molar refractivity (Wildman–Crippen MR) is 94.7 cm³/mol. The summed E-state index contributed by atoms with van der Waals surface area (Å²) in [6.45, 7) is 6.02. The zero-order valence-electron chi connectivity index (χ0n) is 13.3. The maximum absolute atomic E-state index is 12.1. The van der Waals surface area contributed by atoms with Gasteiger partial charge in [-0.1, -0.05) is 30.3 Å². The Morgan fingerprint density at radius 3 is 2.46 bits per heavy atom. The van der Waals surface area contributed by atoms with Gasteiger partial charge in [0.1, 0.15) is 6.54 Å². The van der Waals surface area contributed by atoms with Crippen LogP contribution in [0, 0.1) is 10.1 Å². The summed E-state index contributed by atoms with van der Waals surface area (Å²) in [6.07, 6.45) is 0. The highest BCUT2D eigenvalue weighted by Crippen LogP contribution is 2.29. The van der Waals surface area contributed by atoms with Gasteiger partial charge in [-0.2, -0.15) is 0 Å². The minimum atomic E-state index is -0.449. The molecule has 6 nitrogen and oxygen atoms in total. The molecule has 1 amide bonds. The fraction of sp³-hybridized carbons (Fsp3) is 0.111. The summed E-state index contributed by atoms with van der Waals surface area (Å²) in [5.74, 6) is -0.152. The van der Waals surface area contributed by atoms with E-state index in [0.29, 0.717) is 17.0 Å². The maximum atomic E-state index is 12.1. The van der Waals surface area contributed by atoms with Crippen molar-refractivity contribution in [2.24, 2.45) is 4.99 Å². The van der Waals surface area contributed by atoms with E-state index in [1.807, 2.05) is 30.3 Å². The van der Waals surface area contributed by atoms with Gasteiger partial charge >= 0.3 is 0 Å². The second kappa shape index (κ2) is 7.32. The van der Waals surface area contributed by atoms with Crippen LogP contribution >= 0.6 is 0 Å². The summed E-state index contributed by atoms with van der Waals surface area (Å²) in [7, 11) is 1.65. The number of benzene rings is 2. The van der Waals surface area contributed by atoms with E-state index in [9.17, 15) is 14.9 Å². The largest absolute Gasteiger partial charge is 0.313 e. The van der Waals surface area contributed by atoms with Crippen LogP contribution in [0.3, 0.4) is 0 Å². The van der Waals surface area contributed by atoms with Gasteiger partial charge in [-0.15, -0.1) is 13.2 Å². The summed E-state index contributed by atoms with van der Waals surface area (Å²) in [5.41, 5.74) is 2.61. The molecule has 24 heavy (non-hydrogen) atoms. The lowest BCUT2D eigenvalue weighted by Gasteiger charge is -2.17. The van der Waals surface area contributed by atoms with Crippen LogP contribution in [-0.4, -0.2) is 30.1 Å². The van der Waals surface area contributed by atoms with Crippen molar-refractivity contribution < 1.29 is 9.72 Å². The van der Waals surface area contributed by atoms with Crippen LogP contribution in [0.5, 0.6) is 0 Å². The maximum Gasteiger partial charge on any atom is 0.270 e. The van der Waals surface area contributed by atoms with E-state index in [1.165, 1.54) is 17.0 Å². The number of amides is 1. The molecular weight excluding hydrogens is 306 g/mol. The first kappa shape index (κ1) is 17.1. The molecule has 3 rings (SSSR count). The van der Waals surface area contributed by atoms with Gasteiger partial charge in [0.15, 0.2) is 0 Å². The molecular formula is C18H17N3O3. The standard InChI is InChI=1S/C16H13N3O3.C2H4/c1-18-14-8-7-12(19(21)22)9-13(14)16(17-10-15(18)20)11-5-3-2-4-6-11;1-2/h2-9H,10H2,1H3;1-2H2. The van der Waals surface area contributed by atoms with Gasteiger partial charge in [0.05, 0.1) is 16.3 Å². The van der Waals surface area contributed by atoms with Crippen LogP contribution in [0.2, 0.25) is 0 Å². The van der Waals surface area contributed by atoms with E-state index in [1.54, 1.807) is 13.1 Å². The highest BCUT2D eigenvalue weighted by Gasteiger charge is 2.24. The molecule has 0 saturated heterocycles. The Morgan fingerprint density at radius 1 is 1.17 bits per heavy atom. The minimum absolute atomic E-state index is 0.0171. The summed E-state index contributed by atoms with van der Waals surface area (Å²) < 4.78 is 0. The Balaban J connectivity index is 0.00000100. The molecule has 0 atom stereocenters. The third-order valence-electron chi connectivity index (χ3n) is 3.60. The molecule has 0 fully saturated rings. The van der Waals surface area contributed by atoms with Gasteiger partial charge in [0.25, 0.3) is 5.69 Å². The number of hydrogen-bond acceptors (Lipinski definition) is 4. The molecule has 0 spiro atoms. The average molecular weight is 323 g/mol. The second-order valence-electron chi connectivity index (χ2n) is 4.94. The first-order valence-electron chi connectivity index (χ1n) is 7.23. The van der Waals surface area contributed by atoms with Gasteiger partial charge in [-0.25, -0.2) is 0 Å². The molecule has 0 unspecified atom stereocenters. The molecule has 0 aliphatic carbocycles. The van der Waals surface area contributed by atoms with Gasteiger partial charge in [-0.3, -0.25) is 19.9 Å². The Kier molecular flexibility index (Phi) is 5.21. The molecule has 6 heteroatoms. The van der Waals surface area contributed by atoms with Crippen molar-refractivity contribution in [2.45, 2.75) is 0 Å². The first-order chi connectivity index (χ1) is 11.6. The number of non-ortho nitro benzene ring substituents is 1. The highest BCUT2D eigenvalue weighted by molar-refractivity contribution is 6.19. The summed E-state index contributed by atoms with van der Waals surface area (Å²) in [6, 6.07) is 13.8. The van der Waals surface area contributed by atoms with E-state index in [0.717, 1.165) is 5.56 Å². The van der Waals surface area contributed by atoms with Gasteiger partial charge in [-0.05, 0) is 6.07 Å². The number of aliphatic imine (C=N–C) groups is 1. The van der Waals surface area contributed by atoms with Gasteiger partial charge < -0.3 is 4.90 Å². The van der Waals surface area contributed by atoms with Crippen LogP contribution < -0.4 is 4.90 Å². The molecule has 0 bridgehead atoms. The van der Waals surface area contributed by atoms with Crippen molar-refractivity contribution in [1.82, 2.24) is 0 Å². The van der Waals surface area contributed by atoms with Crippen molar-refractivity contribution in [3.63, 3.8) is 0 Å². The third kappa shape index (κ3) is 3.22. The molecule has 1 heterocycles. The monoisotopic (exact) mass is 323 g/mol. The normalized spacial score (nSPS) is 13.1. The van der Waals surface area contributed by atoms with Crippen molar-refractivity contribution >= 4 is 23.0 Å². The lowest BCUT2D eigenvalue weighted by atomic mass is 9.99. The number of nitro benzene ring substituents is 1. The van der Waals surface area contributed by atoms with Crippen molar-refractivity contribution in [3.8, 4) is 0 Å². The van der Waals surface area contributed by atoms with Crippen molar-refractivity contribution in [3.05, 3.63) is 82.9 Å². The number of rotatable bonds is 2. The second-order valence-corrected chi connectivity index (χ2v) is 4.94. The zero-order valence-corrected chi connectivity index (χ0v) is 13.3. The molecule has 1 aliphatic rings. The van der Waals surface area contributed by atoms with E-state index in [4.69, 9.17) is 0 Å². The van der Waals surface area contributed by atoms with Crippen LogP contribution in [-0.2, 0) is 4.79 Å². The minimum Gasteiger partial charge on any atom is -0.313 e. The van der Waals surface area contributed by atoms with E-state index in [2.05, 4.69) is 18.2 Å². The number of carbonyl (C=O) groups is 1. The van der Waals surface area contributed by atoms with Crippen LogP contribution in [0.25, 0.3) is 0 Å². The molecule has 0 N–H and O–H groups in total. The predicted octanol–water partition coefficient (Wildman–Crippen LogP) is 3.21. The number of nitrogens with zero attached hydrogens (tertiary/aromatic N) is 3. The number of benzodiazepines with no additional fused rings is 1. The highest BCUT2D eigenvalue weighted by atomic mass is 16.6. The average Bonchev–Trinajstić information content (AvgIpc) is 2.75. The number of likely N-dealkylation sites (N-methyl/N-ethyl adjacent to an activating group) is 1. The quantitative estimate of drug-likeness (QED) is 0.484. The van der Waals surface area contributed by atoms with Crippen LogP contribution in [0.15, 0.2) is 66.7 Å². The first-order valence-corrected chi connectivity index (χ1v) is 7.23. The van der Waals surface area contributed by atoms with Crippen LogP contribution in [0.1, 0.15) is 11.1 Å². The molecule has 0 saturated carbocycles. The van der Waals surface area contributed by atoms with Crippen LogP contribution in [0.4, 0.5) is 11.4 Å². The lowest BCUT2D eigenvalue weighted by Crippen LogP contribution is -2.27. The number of anilines is 1. The third-order valence-corrected chi connectivity index (χ3v) is 3.60. The Labute approximate surface area is 139 Å². The number of carbonyl (C=O) groups excluding carboxylic acids is 1. The number of hydrogen-bond donors (Lipinski definition) is 0. The fourth-order valence-corrected chi connectivity index (χ4v) is 2.43. The SMILES string of the molecule is C=C.CN1C(=O)CN=C(c2ccccc2)c2cc([N+](=O)[O-])ccc21. The number of nitro groups is 1. The Bertz CT molecular complexity index is 800. The lowest BCUT2D eigenvalue weighted by molar-refractivity contribution is -0.384. The van der Waals surface area contributed by atoms with Gasteiger partial charge in [0.2, 0.25) is 5.91 Å². The van der Waals surface area contributed by atoms with Gasteiger partial charge in [0, 0.05) is 30.3 Å². The van der Waals surface area contributed by atoms with Crippen molar-refractivity contribution in [2.75, 3.05) is 18.5 Å². The summed E-state index contributed by atoms with van der Waals surface area (Å²) in [4.78, 5) is 28.5. The zero-order chi connectivity index (χ0) is 17.7. The summed E-state index contributed by atoms with van der Waals surface area (Å²) in [5, 5.41) is 11.0. The Morgan fingerprint density at radius 2 is 1.83 bits per heavy atom. The molecule has 2 aromatic carbocycles. The topological polar surface area (TPSA) is 75.8 Å². The smallest absolute Gasteiger partial charge is 0.270 e. The molecule has 0 aromatic heterocycles. The van der Waals surface area contributed by atoms with E-state index in [-0.39, 0.29) is 18.1 Å². The van der Waals surface area contributed by atoms with Crippen molar-refractivity contribution in [1.29, 1.82) is 0 Å². The molecule has 122 valence electrons. The molecule has 2 aromatic rings. The molecule has 1 aliphatic heterocycles. The van der Waals surface area contributed by atoms with E-state index >= 15 is 0 Å². The number of fused-ring (bicyclic) bond motifs is 1. The van der Waals surface area contributed by atoms with E-state index < -0.39 is 4.92 Å². The summed E-state index contributed by atoms with van der Waals surface area (Å²) >= 11 is 0. The fourth-order valence-electron chi connectivity index (χ4n) is 2.43. The Hall–Kier alpha value is -3.28.